The molecule has 0 spiro atoms. The van der Waals surface area contributed by atoms with Crippen LogP contribution >= 0.6 is 0 Å². The SMILES string of the molecule is CNc1ccccc1CC=O. The molecule has 0 radical (unpaired) electrons. The molecule has 1 rings (SSSR count). The molecule has 0 aromatic heterocycles. The van der Waals surface area contributed by atoms with Crippen molar-refractivity contribution in [2.45, 2.75) is 6.42 Å². The van der Waals surface area contributed by atoms with Crippen molar-refractivity contribution in [3.63, 3.8) is 0 Å². The standard InChI is InChI=1S/C9H11NO/c1-10-9-5-3-2-4-8(9)6-7-11/h2-5,7,10H,6H2,1H3. The first-order chi connectivity index (χ1) is 5.38. The number of hydrogen-bond donors (Lipinski definition) is 1. The smallest absolute Gasteiger partial charge is 0.124 e. The lowest BCUT2D eigenvalue weighted by molar-refractivity contribution is -0.107. The second kappa shape index (κ2) is 3.76. The Morgan fingerprint density at radius 2 is 2.18 bits per heavy atom. The van der Waals surface area contributed by atoms with Crippen molar-refractivity contribution < 1.29 is 4.79 Å². The topological polar surface area (TPSA) is 29.1 Å². The number of benzene rings is 1. The Hall–Kier alpha value is -1.31. The summed E-state index contributed by atoms with van der Waals surface area (Å²) in [6.07, 6.45) is 1.40. The molecule has 0 atom stereocenters. The van der Waals surface area contributed by atoms with Crippen LogP contribution in [-0.2, 0) is 11.2 Å². The molecule has 0 heterocycles. The summed E-state index contributed by atoms with van der Waals surface area (Å²) >= 11 is 0. The van der Waals surface area contributed by atoms with E-state index in [0.717, 1.165) is 17.5 Å². The van der Waals surface area contributed by atoms with Crippen LogP contribution in [0, 0.1) is 0 Å². The molecule has 0 bridgehead atoms. The Kier molecular flexibility index (Phi) is 2.66. The summed E-state index contributed by atoms with van der Waals surface area (Å²) in [5.74, 6) is 0. The molecule has 0 amide bonds. The Morgan fingerprint density at radius 3 is 2.82 bits per heavy atom. The molecule has 0 saturated carbocycles. The van der Waals surface area contributed by atoms with Gasteiger partial charge in [0.25, 0.3) is 0 Å². The van der Waals surface area contributed by atoms with Gasteiger partial charge in [-0.15, -0.1) is 0 Å². The van der Waals surface area contributed by atoms with E-state index in [-0.39, 0.29) is 0 Å². The first-order valence-electron chi connectivity index (χ1n) is 3.57. The van der Waals surface area contributed by atoms with Crippen molar-refractivity contribution in [2.24, 2.45) is 0 Å². The van der Waals surface area contributed by atoms with E-state index < -0.39 is 0 Å². The molecule has 1 N–H and O–H groups in total. The summed E-state index contributed by atoms with van der Waals surface area (Å²) in [6, 6.07) is 7.78. The van der Waals surface area contributed by atoms with Gasteiger partial charge in [0.15, 0.2) is 0 Å². The average Bonchev–Trinajstić information content (AvgIpc) is 2.06. The number of anilines is 1. The van der Waals surface area contributed by atoms with Crippen molar-refractivity contribution in [1.82, 2.24) is 0 Å². The highest BCUT2D eigenvalue weighted by atomic mass is 16.1. The maximum atomic E-state index is 10.2. The van der Waals surface area contributed by atoms with Gasteiger partial charge in [0.05, 0.1) is 0 Å². The van der Waals surface area contributed by atoms with Crippen molar-refractivity contribution in [1.29, 1.82) is 0 Å². The van der Waals surface area contributed by atoms with Crippen LogP contribution in [0.4, 0.5) is 5.69 Å². The lowest BCUT2D eigenvalue weighted by atomic mass is 10.1. The van der Waals surface area contributed by atoms with E-state index in [1.807, 2.05) is 31.3 Å². The predicted molar refractivity (Wildman–Crippen MR) is 45.8 cm³/mol. The largest absolute Gasteiger partial charge is 0.388 e. The van der Waals surface area contributed by atoms with E-state index in [2.05, 4.69) is 5.32 Å². The number of nitrogens with one attached hydrogen (secondary N) is 1. The van der Waals surface area contributed by atoms with Crippen LogP contribution in [0.1, 0.15) is 5.56 Å². The third kappa shape index (κ3) is 1.80. The molecular weight excluding hydrogens is 138 g/mol. The number of hydrogen-bond acceptors (Lipinski definition) is 2. The molecule has 0 aliphatic heterocycles. The summed E-state index contributed by atoms with van der Waals surface area (Å²) in [5, 5.41) is 3.02. The van der Waals surface area contributed by atoms with Crippen LogP contribution in [-0.4, -0.2) is 13.3 Å². The number of rotatable bonds is 3. The third-order valence-corrected chi connectivity index (χ3v) is 1.59. The number of carbonyl (C=O) groups is 1. The molecule has 0 saturated heterocycles. The highest BCUT2D eigenvalue weighted by molar-refractivity contribution is 5.62. The molecule has 2 nitrogen and oxygen atoms in total. The van der Waals surface area contributed by atoms with Gasteiger partial charge >= 0.3 is 0 Å². The summed E-state index contributed by atoms with van der Waals surface area (Å²) in [5.41, 5.74) is 2.07. The Morgan fingerprint density at radius 1 is 1.45 bits per heavy atom. The minimum absolute atomic E-state index is 0.483. The molecule has 0 aliphatic carbocycles. The van der Waals surface area contributed by atoms with E-state index >= 15 is 0 Å². The van der Waals surface area contributed by atoms with E-state index in [1.54, 1.807) is 0 Å². The fourth-order valence-electron chi connectivity index (χ4n) is 1.03. The molecule has 1 aromatic rings. The summed E-state index contributed by atoms with van der Waals surface area (Å²) in [6.45, 7) is 0. The van der Waals surface area contributed by atoms with Crippen molar-refractivity contribution in [2.75, 3.05) is 12.4 Å². The van der Waals surface area contributed by atoms with Gasteiger partial charge in [-0.2, -0.15) is 0 Å². The zero-order chi connectivity index (χ0) is 8.10. The van der Waals surface area contributed by atoms with E-state index in [4.69, 9.17) is 0 Å². The maximum Gasteiger partial charge on any atom is 0.124 e. The molecule has 11 heavy (non-hydrogen) atoms. The van der Waals surface area contributed by atoms with Crippen LogP contribution in [0.25, 0.3) is 0 Å². The first-order valence-corrected chi connectivity index (χ1v) is 3.57. The van der Waals surface area contributed by atoms with Crippen LogP contribution in [0.3, 0.4) is 0 Å². The highest BCUT2D eigenvalue weighted by Crippen LogP contribution is 2.13. The van der Waals surface area contributed by atoms with Gasteiger partial charge in [0, 0.05) is 19.2 Å². The van der Waals surface area contributed by atoms with Crippen molar-refractivity contribution in [3.8, 4) is 0 Å². The number of para-hydroxylation sites is 1. The molecule has 58 valence electrons. The molecule has 0 aliphatic rings. The number of aldehydes is 1. The van der Waals surface area contributed by atoms with Crippen molar-refractivity contribution in [3.05, 3.63) is 29.8 Å². The summed E-state index contributed by atoms with van der Waals surface area (Å²) < 4.78 is 0. The predicted octanol–water partition coefficient (Wildman–Crippen LogP) is 1.47. The van der Waals surface area contributed by atoms with Gasteiger partial charge in [0.1, 0.15) is 6.29 Å². The monoisotopic (exact) mass is 149 g/mol. The highest BCUT2D eigenvalue weighted by Gasteiger charge is 1.96. The number of carbonyl (C=O) groups excluding carboxylic acids is 1. The molecule has 0 unspecified atom stereocenters. The van der Waals surface area contributed by atoms with Crippen LogP contribution < -0.4 is 5.32 Å². The normalized spacial score (nSPS) is 9.18. The van der Waals surface area contributed by atoms with Gasteiger partial charge in [-0.1, -0.05) is 18.2 Å². The Bertz CT molecular complexity index is 245. The molecular formula is C9H11NO. The van der Waals surface area contributed by atoms with E-state index in [9.17, 15) is 4.79 Å². The minimum atomic E-state index is 0.483. The van der Waals surface area contributed by atoms with Crippen LogP contribution in [0.15, 0.2) is 24.3 Å². The van der Waals surface area contributed by atoms with Gasteiger partial charge in [-0.3, -0.25) is 0 Å². The lowest BCUT2D eigenvalue weighted by Crippen LogP contribution is -1.95. The van der Waals surface area contributed by atoms with E-state index in [1.165, 1.54) is 0 Å². The Labute approximate surface area is 66.2 Å². The molecule has 2 heteroatoms. The second-order valence-corrected chi connectivity index (χ2v) is 2.28. The van der Waals surface area contributed by atoms with Crippen LogP contribution in [0.5, 0.6) is 0 Å². The van der Waals surface area contributed by atoms with Crippen molar-refractivity contribution >= 4 is 12.0 Å². The summed E-state index contributed by atoms with van der Waals surface area (Å²) in [4.78, 5) is 10.2. The first kappa shape index (κ1) is 7.79. The van der Waals surface area contributed by atoms with Gasteiger partial charge < -0.3 is 10.1 Å². The summed E-state index contributed by atoms with van der Waals surface area (Å²) in [7, 11) is 1.85. The maximum absolute atomic E-state index is 10.2. The quantitative estimate of drug-likeness (QED) is 0.659. The van der Waals surface area contributed by atoms with Gasteiger partial charge in [0.2, 0.25) is 0 Å². The molecule has 0 fully saturated rings. The fourth-order valence-corrected chi connectivity index (χ4v) is 1.03. The Balaban J connectivity index is 2.92. The molecule has 1 aromatic carbocycles. The lowest BCUT2D eigenvalue weighted by Gasteiger charge is -2.04. The average molecular weight is 149 g/mol. The van der Waals surface area contributed by atoms with Gasteiger partial charge in [-0.25, -0.2) is 0 Å². The zero-order valence-corrected chi connectivity index (χ0v) is 6.50. The second-order valence-electron chi connectivity index (χ2n) is 2.28. The third-order valence-electron chi connectivity index (χ3n) is 1.59. The zero-order valence-electron chi connectivity index (χ0n) is 6.50. The van der Waals surface area contributed by atoms with Gasteiger partial charge in [-0.05, 0) is 11.6 Å². The van der Waals surface area contributed by atoms with Crippen LogP contribution in [0.2, 0.25) is 0 Å². The van der Waals surface area contributed by atoms with E-state index in [0.29, 0.717) is 6.42 Å². The fraction of sp³-hybridized carbons (Fsp3) is 0.222. The minimum Gasteiger partial charge on any atom is -0.388 e.